The highest BCUT2D eigenvalue weighted by Gasteiger charge is 2.59. The van der Waals surface area contributed by atoms with Crippen molar-refractivity contribution >= 4 is 0 Å². The van der Waals surface area contributed by atoms with Crippen LogP contribution in [-0.2, 0) is 0 Å². The summed E-state index contributed by atoms with van der Waals surface area (Å²) in [5.74, 6) is 4.76. The average molecular weight is 290 g/mol. The third-order valence-electron chi connectivity index (χ3n) is 8.10. The summed E-state index contributed by atoms with van der Waals surface area (Å²) in [5, 5.41) is 0. The summed E-state index contributed by atoms with van der Waals surface area (Å²) in [6.07, 6.45) is 13.2. The highest BCUT2D eigenvalue weighted by molar-refractivity contribution is 5.13. The first-order valence-corrected chi connectivity index (χ1v) is 9.58. The van der Waals surface area contributed by atoms with E-state index in [1.165, 1.54) is 57.8 Å². The monoisotopic (exact) mass is 290 g/mol. The predicted molar refractivity (Wildman–Crippen MR) is 88.0 cm³/mol. The molecule has 2 heteroatoms. The van der Waals surface area contributed by atoms with Gasteiger partial charge in [-0.3, -0.25) is 4.90 Å². The second kappa shape index (κ2) is 5.23. The van der Waals surface area contributed by atoms with Gasteiger partial charge in [0.25, 0.3) is 0 Å². The van der Waals surface area contributed by atoms with E-state index in [-0.39, 0.29) is 0 Å². The zero-order valence-electron chi connectivity index (χ0n) is 14.1. The number of hydrogen-bond donors (Lipinski definition) is 1. The molecule has 5 aliphatic rings. The largest absolute Gasteiger partial charge is 0.329 e. The number of nitrogens with zero attached hydrogens (tertiary/aromatic N) is 1. The zero-order valence-corrected chi connectivity index (χ0v) is 14.1. The van der Waals surface area contributed by atoms with Gasteiger partial charge in [0.2, 0.25) is 0 Å². The molecule has 2 N–H and O–H groups in total. The fourth-order valence-electron chi connectivity index (χ4n) is 7.23. The Hall–Kier alpha value is -0.0800. The Kier molecular flexibility index (Phi) is 3.61. The van der Waals surface area contributed by atoms with Gasteiger partial charge in [0.1, 0.15) is 0 Å². The molecule has 0 aromatic rings. The Bertz CT molecular complexity index is 363. The van der Waals surface area contributed by atoms with Crippen LogP contribution >= 0.6 is 0 Å². The quantitative estimate of drug-likeness (QED) is 0.859. The van der Waals surface area contributed by atoms with E-state index in [1.54, 1.807) is 0 Å². The summed E-state index contributed by atoms with van der Waals surface area (Å²) in [6.45, 7) is 3.39. The lowest BCUT2D eigenvalue weighted by atomic mass is 9.48. The van der Waals surface area contributed by atoms with Gasteiger partial charge in [-0.15, -0.1) is 0 Å². The molecule has 5 aliphatic carbocycles. The van der Waals surface area contributed by atoms with E-state index < -0.39 is 0 Å². The van der Waals surface area contributed by atoms with Gasteiger partial charge in [0.05, 0.1) is 0 Å². The van der Waals surface area contributed by atoms with Gasteiger partial charge in [0, 0.05) is 18.1 Å². The first-order chi connectivity index (χ1) is 10.1. The molecule has 0 radical (unpaired) electrons. The zero-order chi connectivity index (χ0) is 14.6. The molecule has 5 saturated carbocycles. The van der Waals surface area contributed by atoms with Crippen LogP contribution in [0.2, 0.25) is 0 Å². The van der Waals surface area contributed by atoms with Gasteiger partial charge in [-0.2, -0.15) is 0 Å². The smallest absolute Gasteiger partial charge is 0.0388 e. The Balaban J connectivity index is 1.63. The van der Waals surface area contributed by atoms with Crippen LogP contribution in [0.3, 0.4) is 0 Å². The summed E-state index contributed by atoms with van der Waals surface area (Å²) >= 11 is 0. The van der Waals surface area contributed by atoms with E-state index in [2.05, 4.69) is 18.9 Å². The van der Waals surface area contributed by atoms with Crippen LogP contribution in [0.25, 0.3) is 0 Å². The molecule has 2 atom stereocenters. The van der Waals surface area contributed by atoms with Gasteiger partial charge in [0.15, 0.2) is 0 Å². The summed E-state index contributed by atoms with van der Waals surface area (Å²) in [6, 6.07) is 0.792. The van der Waals surface area contributed by atoms with Crippen molar-refractivity contribution in [3.63, 3.8) is 0 Å². The van der Waals surface area contributed by atoms with Crippen LogP contribution in [0.15, 0.2) is 0 Å². The molecule has 2 unspecified atom stereocenters. The SMILES string of the molecule is CC1CCCCC1N(C)C1(CN)C2CC3CC(C2)CC1C3. The van der Waals surface area contributed by atoms with Crippen molar-refractivity contribution in [2.45, 2.75) is 76.3 Å². The standard InChI is InChI=1S/C19H34N2/c1-13-5-3-4-6-18(13)21(2)19(12-20)16-8-14-7-15(10-16)11-17(19)9-14/h13-18H,3-12,20H2,1-2H3. The molecule has 0 saturated heterocycles. The summed E-state index contributed by atoms with van der Waals surface area (Å²) in [4.78, 5) is 2.84. The van der Waals surface area contributed by atoms with Crippen LogP contribution in [0.1, 0.15) is 64.7 Å². The highest BCUT2D eigenvalue weighted by Crippen LogP contribution is 2.60. The Morgan fingerprint density at radius 1 is 0.952 bits per heavy atom. The lowest BCUT2D eigenvalue weighted by Gasteiger charge is -2.65. The molecule has 5 rings (SSSR count). The number of likely N-dealkylation sites (N-methyl/N-ethyl adjacent to an activating group) is 1. The molecule has 0 aromatic carbocycles. The molecule has 4 bridgehead atoms. The van der Waals surface area contributed by atoms with E-state index in [1.807, 2.05) is 0 Å². The summed E-state index contributed by atoms with van der Waals surface area (Å²) < 4.78 is 0. The van der Waals surface area contributed by atoms with Gasteiger partial charge < -0.3 is 5.73 Å². The highest BCUT2D eigenvalue weighted by atomic mass is 15.2. The Morgan fingerprint density at radius 3 is 2.05 bits per heavy atom. The van der Waals surface area contributed by atoms with E-state index in [0.717, 1.165) is 42.2 Å². The Morgan fingerprint density at radius 2 is 1.52 bits per heavy atom. The molecule has 0 aliphatic heterocycles. The predicted octanol–water partition coefficient (Wildman–Crippen LogP) is 3.65. The molecule has 5 fully saturated rings. The van der Waals surface area contributed by atoms with Gasteiger partial charge in [-0.25, -0.2) is 0 Å². The second-order valence-corrected chi connectivity index (χ2v) is 8.94. The van der Waals surface area contributed by atoms with Crippen LogP contribution in [-0.4, -0.2) is 30.1 Å². The molecule has 21 heavy (non-hydrogen) atoms. The molecule has 2 nitrogen and oxygen atoms in total. The van der Waals surface area contributed by atoms with Gasteiger partial charge in [-0.05, 0) is 81.6 Å². The molecule has 120 valence electrons. The van der Waals surface area contributed by atoms with Gasteiger partial charge >= 0.3 is 0 Å². The van der Waals surface area contributed by atoms with Crippen molar-refractivity contribution in [1.82, 2.24) is 4.90 Å². The minimum atomic E-state index is 0.351. The fraction of sp³-hybridized carbons (Fsp3) is 1.00. The topological polar surface area (TPSA) is 29.3 Å². The van der Waals surface area contributed by atoms with E-state index >= 15 is 0 Å². The normalized spacial score (nSPS) is 52.6. The third-order valence-corrected chi connectivity index (χ3v) is 8.10. The lowest BCUT2D eigenvalue weighted by molar-refractivity contribution is -0.143. The number of nitrogens with two attached hydrogens (primary N) is 1. The third kappa shape index (κ3) is 2.05. The molecular formula is C19H34N2. The molecule has 0 aromatic heterocycles. The average Bonchev–Trinajstić information content (AvgIpc) is 2.47. The van der Waals surface area contributed by atoms with Crippen LogP contribution < -0.4 is 5.73 Å². The minimum Gasteiger partial charge on any atom is -0.329 e. The summed E-state index contributed by atoms with van der Waals surface area (Å²) in [5.41, 5.74) is 6.85. The molecular weight excluding hydrogens is 256 g/mol. The minimum absolute atomic E-state index is 0.351. The maximum absolute atomic E-state index is 6.50. The van der Waals surface area contributed by atoms with E-state index in [0.29, 0.717) is 5.54 Å². The van der Waals surface area contributed by atoms with Crippen LogP contribution in [0, 0.1) is 29.6 Å². The van der Waals surface area contributed by atoms with Crippen molar-refractivity contribution in [2.75, 3.05) is 13.6 Å². The Labute approximate surface area is 130 Å². The van der Waals surface area contributed by atoms with Crippen molar-refractivity contribution < 1.29 is 0 Å². The van der Waals surface area contributed by atoms with Crippen molar-refractivity contribution in [3.05, 3.63) is 0 Å². The first kappa shape index (κ1) is 14.5. The fourth-order valence-corrected chi connectivity index (χ4v) is 7.23. The molecule has 0 amide bonds. The van der Waals surface area contributed by atoms with Crippen molar-refractivity contribution in [1.29, 1.82) is 0 Å². The van der Waals surface area contributed by atoms with Crippen molar-refractivity contribution in [3.8, 4) is 0 Å². The number of rotatable bonds is 3. The van der Waals surface area contributed by atoms with Crippen molar-refractivity contribution in [2.24, 2.45) is 35.3 Å². The van der Waals surface area contributed by atoms with Crippen LogP contribution in [0.5, 0.6) is 0 Å². The lowest BCUT2D eigenvalue weighted by Crippen LogP contribution is -2.70. The maximum atomic E-state index is 6.50. The maximum Gasteiger partial charge on any atom is 0.0388 e. The van der Waals surface area contributed by atoms with Gasteiger partial charge in [-0.1, -0.05) is 19.8 Å². The van der Waals surface area contributed by atoms with E-state index in [4.69, 9.17) is 5.73 Å². The summed E-state index contributed by atoms with van der Waals surface area (Å²) in [7, 11) is 2.45. The first-order valence-electron chi connectivity index (χ1n) is 9.58. The molecule has 0 spiro atoms. The second-order valence-electron chi connectivity index (χ2n) is 8.94. The number of hydrogen-bond acceptors (Lipinski definition) is 2. The van der Waals surface area contributed by atoms with E-state index in [9.17, 15) is 0 Å². The molecule has 0 heterocycles. The van der Waals surface area contributed by atoms with Crippen LogP contribution in [0.4, 0.5) is 0 Å².